The first kappa shape index (κ1) is 17.4. The molecule has 2 aliphatic carbocycles. The SMILES string of the molecule is CC(C)(C)NNC(=O)C12CCC(C)(c3nc4ccccc4nc31)C2(C)C. The maximum atomic E-state index is 13.5. The minimum Gasteiger partial charge on any atom is -0.290 e. The molecule has 0 aliphatic heterocycles. The van der Waals surface area contributed by atoms with E-state index in [1.165, 1.54) is 0 Å². The minimum atomic E-state index is -0.660. The van der Waals surface area contributed by atoms with Gasteiger partial charge in [0.1, 0.15) is 5.41 Å². The zero-order valence-corrected chi connectivity index (χ0v) is 16.5. The molecule has 2 bridgehead atoms. The summed E-state index contributed by atoms with van der Waals surface area (Å²) in [5.41, 5.74) is 8.48. The van der Waals surface area contributed by atoms with Gasteiger partial charge in [0.2, 0.25) is 5.91 Å². The first-order chi connectivity index (χ1) is 12.0. The molecule has 0 radical (unpaired) electrons. The van der Waals surface area contributed by atoms with E-state index in [1.54, 1.807) is 0 Å². The van der Waals surface area contributed by atoms with Gasteiger partial charge in [-0.3, -0.25) is 10.2 Å². The fraction of sp³-hybridized carbons (Fsp3) is 0.571. The number of carbonyl (C=O) groups excluding carboxylic acids is 1. The van der Waals surface area contributed by atoms with Crippen molar-refractivity contribution in [2.24, 2.45) is 5.41 Å². The summed E-state index contributed by atoms with van der Waals surface area (Å²) in [7, 11) is 0. The molecular formula is C21H28N4O. The molecule has 26 heavy (non-hydrogen) atoms. The topological polar surface area (TPSA) is 66.9 Å². The van der Waals surface area contributed by atoms with Gasteiger partial charge in [-0.25, -0.2) is 15.4 Å². The lowest BCUT2D eigenvalue weighted by Gasteiger charge is -2.40. The van der Waals surface area contributed by atoms with E-state index in [1.807, 2.05) is 45.0 Å². The van der Waals surface area contributed by atoms with Gasteiger partial charge in [-0.2, -0.15) is 0 Å². The van der Waals surface area contributed by atoms with Crippen LogP contribution in [0.3, 0.4) is 0 Å². The second-order valence-corrected chi connectivity index (χ2v) is 9.60. The Balaban J connectivity index is 1.90. The van der Waals surface area contributed by atoms with Crippen LogP contribution in [0.25, 0.3) is 11.0 Å². The Bertz CT molecular complexity index is 914. The molecule has 2 N–H and O–H groups in total. The van der Waals surface area contributed by atoms with Gasteiger partial charge in [0, 0.05) is 11.0 Å². The summed E-state index contributed by atoms with van der Waals surface area (Å²) in [5.74, 6) is 0.00415. The van der Waals surface area contributed by atoms with Crippen LogP contribution in [-0.4, -0.2) is 21.4 Å². The molecule has 2 atom stereocenters. The summed E-state index contributed by atoms with van der Waals surface area (Å²) >= 11 is 0. The number of para-hydroxylation sites is 2. The molecule has 1 saturated carbocycles. The molecular weight excluding hydrogens is 324 g/mol. The van der Waals surface area contributed by atoms with Crippen molar-refractivity contribution in [2.75, 3.05) is 0 Å². The molecule has 2 aliphatic rings. The Morgan fingerprint density at radius 3 is 2.15 bits per heavy atom. The van der Waals surface area contributed by atoms with Gasteiger partial charge in [0.25, 0.3) is 0 Å². The Kier molecular flexibility index (Phi) is 3.37. The van der Waals surface area contributed by atoms with E-state index in [0.29, 0.717) is 0 Å². The molecule has 1 fully saturated rings. The summed E-state index contributed by atoms with van der Waals surface area (Å²) in [5, 5.41) is 0. The van der Waals surface area contributed by atoms with E-state index in [2.05, 4.69) is 31.6 Å². The zero-order valence-electron chi connectivity index (χ0n) is 16.5. The molecule has 1 heterocycles. The first-order valence-corrected chi connectivity index (χ1v) is 9.38. The van der Waals surface area contributed by atoms with Crippen molar-refractivity contribution >= 4 is 16.9 Å². The Labute approximate surface area is 155 Å². The van der Waals surface area contributed by atoms with Gasteiger partial charge < -0.3 is 0 Å². The van der Waals surface area contributed by atoms with Crippen LogP contribution in [0.1, 0.15) is 65.8 Å². The van der Waals surface area contributed by atoms with Gasteiger partial charge in [-0.05, 0) is 51.2 Å². The predicted molar refractivity (Wildman–Crippen MR) is 103 cm³/mol. The van der Waals surface area contributed by atoms with Crippen molar-refractivity contribution < 1.29 is 4.79 Å². The monoisotopic (exact) mass is 352 g/mol. The van der Waals surface area contributed by atoms with Gasteiger partial charge in [0.05, 0.1) is 22.4 Å². The molecule has 1 aromatic heterocycles. The normalized spacial score (nSPS) is 29.0. The lowest BCUT2D eigenvalue weighted by Crippen LogP contribution is -2.58. The molecule has 5 heteroatoms. The predicted octanol–water partition coefficient (Wildman–Crippen LogP) is 3.38. The van der Waals surface area contributed by atoms with Crippen LogP contribution in [-0.2, 0) is 15.6 Å². The van der Waals surface area contributed by atoms with Gasteiger partial charge in [-0.15, -0.1) is 0 Å². The molecule has 0 spiro atoms. The number of aromatic nitrogens is 2. The van der Waals surface area contributed by atoms with E-state index in [4.69, 9.17) is 9.97 Å². The quantitative estimate of drug-likeness (QED) is 0.813. The maximum absolute atomic E-state index is 13.5. The number of hydrogen-bond donors (Lipinski definition) is 2. The number of carbonyl (C=O) groups is 1. The number of fused-ring (bicyclic) bond motifs is 6. The highest BCUT2D eigenvalue weighted by atomic mass is 16.2. The Morgan fingerprint density at radius 2 is 1.58 bits per heavy atom. The van der Waals surface area contributed by atoms with Crippen molar-refractivity contribution in [1.29, 1.82) is 0 Å². The van der Waals surface area contributed by atoms with Crippen molar-refractivity contribution in [1.82, 2.24) is 20.8 Å². The summed E-state index contributed by atoms with van der Waals surface area (Å²) in [6.07, 6.45) is 1.75. The number of hydrogen-bond acceptors (Lipinski definition) is 4. The van der Waals surface area contributed by atoms with Crippen LogP contribution in [0.5, 0.6) is 0 Å². The molecule has 5 nitrogen and oxygen atoms in total. The standard InChI is InChI=1S/C21H28N4O/c1-18(2,3)25-24-17(26)21-12-11-20(6,19(21,4)5)15-16(21)23-14-10-8-7-9-13(14)22-15/h7-10,25H,11-12H2,1-6H3,(H,24,26). The lowest BCUT2D eigenvalue weighted by atomic mass is 9.63. The van der Waals surface area contributed by atoms with Crippen LogP contribution in [0, 0.1) is 5.41 Å². The summed E-state index contributed by atoms with van der Waals surface area (Å²) in [6.45, 7) is 12.7. The van der Waals surface area contributed by atoms with Gasteiger partial charge >= 0.3 is 0 Å². The number of benzene rings is 1. The second-order valence-electron chi connectivity index (χ2n) is 9.60. The van der Waals surface area contributed by atoms with E-state index < -0.39 is 5.41 Å². The number of hydrazine groups is 1. The van der Waals surface area contributed by atoms with Crippen molar-refractivity contribution in [3.63, 3.8) is 0 Å². The number of amides is 1. The van der Waals surface area contributed by atoms with Crippen LogP contribution in [0.2, 0.25) is 0 Å². The highest BCUT2D eigenvalue weighted by molar-refractivity contribution is 5.92. The average Bonchev–Trinajstić information content (AvgIpc) is 2.86. The third-order valence-corrected chi connectivity index (χ3v) is 6.88. The smallest absolute Gasteiger partial charge is 0.247 e. The van der Waals surface area contributed by atoms with Crippen LogP contribution >= 0.6 is 0 Å². The molecule has 2 unspecified atom stereocenters. The highest BCUT2D eigenvalue weighted by Crippen LogP contribution is 2.70. The Morgan fingerprint density at radius 1 is 1.00 bits per heavy atom. The number of nitrogens with one attached hydrogen (secondary N) is 2. The van der Waals surface area contributed by atoms with Crippen molar-refractivity contribution in [2.45, 2.75) is 70.8 Å². The third kappa shape index (κ3) is 1.98. The van der Waals surface area contributed by atoms with Crippen molar-refractivity contribution in [3.8, 4) is 0 Å². The van der Waals surface area contributed by atoms with Gasteiger partial charge in [-0.1, -0.05) is 32.9 Å². The van der Waals surface area contributed by atoms with Crippen LogP contribution in [0.4, 0.5) is 0 Å². The fourth-order valence-electron chi connectivity index (χ4n) is 4.90. The van der Waals surface area contributed by atoms with E-state index in [9.17, 15) is 4.79 Å². The second kappa shape index (κ2) is 5.03. The Hall–Kier alpha value is -2.01. The molecule has 1 amide bonds. The molecule has 0 saturated heterocycles. The van der Waals surface area contributed by atoms with Crippen LogP contribution in [0.15, 0.2) is 24.3 Å². The summed E-state index contributed by atoms with van der Waals surface area (Å²) in [4.78, 5) is 23.4. The third-order valence-electron chi connectivity index (χ3n) is 6.88. The minimum absolute atomic E-state index is 0.00415. The van der Waals surface area contributed by atoms with E-state index in [-0.39, 0.29) is 22.3 Å². The van der Waals surface area contributed by atoms with Crippen LogP contribution < -0.4 is 10.9 Å². The van der Waals surface area contributed by atoms with Crippen molar-refractivity contribution in [3.05, 3.63) is 35.7 Å². The fourth-order valence-corrected chi connectivity index (χ4v) is 4.90. The lowest BCUT2D eigenvalue weighted by molar-refractivity contribution is -0.132. The van der Waals surface area contributed by atoms with E-state index >= 15 is 0 Å². The highest BCUT2D eigenvalue weighted by Gasteiger charge is 2.73. The zero-order chi connectivity index (χ0) is 19.0. The van der Waals surface area contributed by atoms with Gasteiger partial charge in [0.15, 0.2) is 0 Å². The molecule has 4 rings (SSSR count). The van der Waals surface area contributed by atoms with E-state index in [0.717, 1.165) is 35.3 Å². The summed E-state index contributed by atoms with van der Waals surface area (Å²) < 4.78 is 0. The molecule has 138 valence electrons. The molecule has 1 aromatic carbocycles. The number of nitrogens with zero attached hydrogens (tertiary/aromatic N) is 2. The number of rotatable bonds is 2. The molecule has 2 aromatic rings. The maximum Gasteiger partial charge on any atom is 0.247 e. The largest absolute Gasteiger partial charge is 0.290 e. The first-order valence-electron chi connectivity index (χ1n) is 9.38. The average molecular weight is 352 g/mol. The summed E-state index contributed by atoms with van der Waals surface area (Å²) in [6, 6.07) is 7.93.